The third-order valence-corrected chi connectivity index (χ3v) is 5.21. The Morgan fingerprint density at radius 2 is 1.73 bits per heavy atom. The molecule has 3 rings (SSSR count). The molecule has 1 atom stereocenters. The number of rotatable bonds is 6. The molecular weight excluding hydrogens is 327 g/mol. The highest BCUT2D eigenvalue weighted by molar-refractivity contribution is 5.77. The van der Waals surface area contributed by atoms with Crippen molar-refractivity contribution in [3.63, 3.8) is 0 Å². The fourth-order valence-corrected chi connectivity index (χ4v) is 3.71. The molecule has 2 aromatic carbocycles. The van der Waals surface area contributed by atoms with Crippen molar-refractivity contribution in [2.75, 3.05) is 13.1 Å². The highest BCUT2D eigenvalue weighted by Crippen LogP contribution is 2.22. The highest BCUT2D eigenvalue weighted by Gasteiger charge is 2.24. The van der Waals surface area contributed by atoms with Crippen molar-refractivity contribution in [1.82, 2.24) is 4.90 Å². The first-order chi connectivity index (χ1) is 12.6. The van der Waals surface area contributed by atoms with E-state index in [1.165, 1.54) is 11.6 Å². The fourth-order valence-electron chi connectivity index (χ4n) is 3.71. The van der Waals surface area contributed by atoms with Gasteiger partial charge >= 0.3 is 0 Å². The SMILES string of the molecule is NC(CC(=O)N1CCC(Cc2ccccc2)CC1)Cc1ccccc1F. The Kier molecular flexibility index (Phi) is 6.40. The Morgan fingerprint density at radius 3 is 2.42 bits per heavy atom. The summed E-state index contributed by atoms with van der Waals surface area (Å²) < 4.78 is 13.7. The van der Waals surface area contributed by atoms with Crippen molar-refractivity contribution in [2.45, 2.75) is 38.1 Å². The van der Waals surface area contributed by atoms with Gasteiger partial charge in [0.2, 0.25) is 5.91 Å². The number of amides is 1. The molecule has 1 fully saturated rings. The summed E-state index contributed by atoms with van der Waals surface area (Å²) in [5.41, 5.74) is 8.04. The molecule has 1 heterocycles. The standard InChI is InChI=1S/C22H27FN2O/c23-21-9-5-4-8-19(21)15-20(24)16-22(26)25-12-10-18(11-13-25)14-17-6-2-1-3-7-17/h1-9,18,20H,10-16,24H2. The van der Waals surface area contributed by atoms with Crippen molar-refractivity contribution in [3.05, 3.63) is 71.5 Å². The second kappa shape index (κ2) is 8.95. The maximum atomic E-state index is 13.7. The van der Waals surface area contributed by atoms with Crippen LogP contribution in [0.15, 0.2) is 54.6 Å². The maximum Gasteiger partial charge on any atom is 0.224 e. The van der Waals surface area contributed by atoms with Crippen molar-refractivity contribution in [1.29, 1.82) is 0 Å². The third kappa shape index (κ3) is 5.15. The molecular formula is C22H27FN2O. The molecule has 138 valence electrons. The summed E-state index contributed by atoms with van der Waals surface area (Å²) in [6.45, 7) is 1.59. The molecule has 0 aliphatic carbocycles. The zero-order chi connectivity index (χ0) is 18.4. The van der Waals surface area contributed by atoms with Crippen LogP contribution in [0, 0.1) is 11.7 Å². The first-order valence-electron chi connectivity index (χ1n) is 9.42. The van der Waals surface area contributed by atoms with Gasteiger partial charge in [0.1, 0.15) is 5.82 Å². The molecule has 0 bridgehead atoms. The van der Waals surface area contributed by atoms with Crippen LogP contribution in [0.3, 0.4) is 0 Å². The van der Waals surface area contributed by atoms with Crippen LogP contribution < -0.4 is 5.73 Å². The van der Waals surface area contributed by atoms with Gasteiger partial charge in [0.05, 0.1) is 0 Å². The number of piperidine rings is 1. The first-order valence-corrected chi connectivity index (χ1v) is 9.42. The highest BCUT2D eigenvalue weighted by atomic mass is 19.1. The van der Waals surface area contributed by atoms with E-state index in [2.05, 4.69) is 24.3 Å². The topological polar surface area (TPSA) is 46.3 Å². The molecule has 26 heavy (non-hydrogen) atoms. The van der Waals surface area contributed by atoms with Crippen molar-refractivity contribution < 1.29 is 9.18 Å². The average molecular weight is 354 g/mol. The molecule has 2 aromatic rings. The van der Waals surface area contributed by atoms with Gasteiger partial charge in [-0.2, -0.15) is 0 Å². The summed E-state index contributed by atoms with van der Waals surface area (Å²) >= 11 is 0. The monoisotopic (exact) mass is 354 g/mol. The first kappa shape index (κ1) is 18.6. The Hall–Kier alpha value is -2.20. The lowest BCUT2D eigenvalue weighted by Gasteiger charge is -2.32. The van der Waals surface area contributed by atoms with Gasteiger partial charge in [0.15, 0.2) is 0 Å². The number of hydrogen-bond donors (Lipinski definition) is 1. The molecule has 1 amide bonds. The average Bonchev–Trinajstić information content (AvgIpc) is 2.65. The Morgan fingerprint density at radius 1 is 1.08 bits per heavy atom. The summed E-state index contributed by atoms with van der Waals surface area (Å²) in [6.07, 6.45) is 3.81. The molecule has 3 nitrogen and oxygen atoms in total. The van der Waals surface area contributed by atoms with Crippen LogP contribution >= 0.6 is 0 Å². The minimum absolute atomic E-state index is 0.0898. The van der Waals surface area contributed by atoms with Crippen LogP contribution in [-0.2, 0) is 17.6 Å². The summed E-state index contributed by atoms with van der Waals surface area (Å²) in [5.74, 6) is 0.470. The number of hydrogen-bond acceptors (Lipinski definition) is 2. The predicted molar refractivity (Wildman–Crippen MR) is 102 cm³/mol. The van der Waals surface area contributed by atoms with E-state index in [9.17, 15) is 9.18 Å². The molecule has 4 heteroatoms. The van der Waals surface area contributed by atoms with Gasteiger partial charge in [-0.15, -0.1) is 0 Å². The van der Waals surface area contributed by atoms with Crippen LogP contribution in [-0.4, -0.2) is 29.9 Å². The van der Waals surface area contributed by atoms with Crippen LogP contribution in [0.5, 0.6) is 0 Å². The number of nitrogens with zero attached hydrogens (tertiary/aromatic N) is 1. The minimum Gasteiger partial charge on any atom is -0.343 e. The molecule has 0 spiro atoms. The second-order valence-electron chi connectivity index (χ2n) is 7.27. The lowest BCUT2D eigenvalue weighted by Crippen LogP contribution is -2.41. The van der Waals surface area contributed by atoms with Crippen LogP contribution in [0.2, 0.25) is 0 Å². The number of nitrogens with two attached hydrogens (primary N) is 1. The molecule has 0 aromatic heterocycles. The Bertz CT molecular complexity index is 711. The third-order valence-electron chi connectivity index (χ3n) is 5.21. The largest absolute Gasteiger partial charge is 0.343 e. The molecule has 1 unspecified atom stereocenters. The van der Waals surface area contributed by atoms with E-state index in [1.54, 1.807) is 18.2 Å². The lowest BCUT2D eigenvalue weighted by atomic mass is 9.90. The van der Waals surface area contributed by atoms with Crippen molar-refractivity contribution in [3.8, 4) is 0 Å². The van der Waals surface area contributed by atoms with Crippen molar-refractivity contribution >= 4 is 5.91 Å². The zero-order valence-corrected chi connectivity index (χ0v) is 15.1. The van der Waals surface area contributed by atoms with Gasteiger partial charge in [-0.25, -0.2) is 4.39 Å². The van der Waals surface area contributed by atoms with Gasteiger partial charge in [-0.1, -0.05) is 48.5 Å². The molecule has 1 aliphatic heterocycles. The van der Waals surface area contributed by atoms with E-state index in [4.69, 9.17) is 5.73 Å². The van der Waals surface area contributed by atoms with Crippen LogP contribution in [0.4, 0.5) is 4.39 Å². The minimum atomic E-state index is -0.346. The molecule has 0 saturated carbocycles. The van der Waals surface area contributed by atoms with Gasteiger partial charge in [-0.05, 0) is 48.8 Å². The van der Waals surface area contributed by atoms with Gasteiger partial charge in [0, 0.05) is 25.6 Å². The molecule has 1 saturated heterocycles. The van der Waals surface area contributed by atoms with Crippen LogP contribution in [0.25, 0.3) is 0 Å². The number of benzene rings is 2. The molecule has 0 radical (unpaired) electrons. The quantitative estimate of drug-likeness (QED) is 0.862. The summed E-state index contributed by atoms with van der Waals surface area (Å²) in [7, 11) is 0. The number of carbonyl (C=O) groups is 1. The lowest BCUT2D eigenvalue weighted by molar-refractivity contribution is -0.132. The normalized spacial score (nSPS) is 16.5. The second-order valence-corrected chi connectivity index (χ2v) is 7.27. The van der Waals surface area contributed by atoms with E-state index in [-0.39, 0.29) is 24.2 Å². The van der Waals surface area contributed by atoms with E-state index in [1.807, 2.05) is 11.0 Å². The molecule has 1 aliphatic rings. The Balaban J connectivity index is 1.44. The summed E-state index contributed by atoms with van der Waals surface area (Å²) in [6, 6.07) is 16.8. The summed E-state index contributed by atoms with van der Waals surface area (Å²) in [4.78, 5) is 14.4. The number of halogens is 1. The van der Waals surface area contributed by atoms with Gasteiger partial charge in [0.25, 0.3) is 0 Å². The van der Waals surface area contributed by atoms with E-state index < -0.39 is 0 Å². The number of likely N-dealkylation sites (tertiary alicyclic amines) is 1. The van der Waals surface area contributed by atoms with Gasteiger partial charge in [-0.3, -0.25) is 4.79 Å². The zero-order valence-electron chi connectivity index (χ0n) is 15.1. The fraction of sp³-hybridized carbons (Fsp3) is 0.409. The predicted octanol–water partition coefficient (Wildman–Crippen LogP) is 3.57. The number of carbonyl (C=O) groups excluding carboxylic acids is 1. The van der Waals surface area contributed by atoms with Gasteiger partial charge < -0.3 is 10.6 Å². The Labute approximate surface area is 155 Å². The smallest absolute Gasteiger partial charge is 0.224 e. The summed E-state index contributed by atoms with van der Waals surface area (Å²) in [5, 5.41) is 0. The van der Waals surface area contributed by atoms with Crippen molar-refractivity contribution in [2.24, 2.45) is 11.7 Å². The maximum absolute atomic E-state index is 13.7. The van der Waals surface area contributed by atoms with Crippen LogP contribution in [0.1, 0.15) is 30.4 Å². The van der Waals surface area contributed by atoms with E-state index >= 15 is 0 Å². The van der Waals surface area contributed by atoms with E-state index in [0.717, 1.165) is 32.4 Å². The van der Waals surface area contributed by atoms with E-state index in [0.29, 0.717) is 17.9 Å². The molecule has 2 N–H and O–H groups in total.